The van der Waals surface area contributed by atoms with Crippen LogP contribution >= 0.6 is 17.0 Å². The third-order valence-electron chi connectivity index (χ3n) is 5.25. The number of rotatable bonds is 1. The lowest BCUT2D eigenvalue weighted by atomic mass is 9.69. The van der Waals surface area contributed by atoms with Gasteiger partial charge in [0, 0.05) is 5.92 Å². The average Bonchev–Trinajstić information content (AvgIpc) is 2.54. The van der Waals surface area contributed by atoms with Crippen LogP contribution in [-0.4, -0.2) is 0 Å². The lowest BCUT2D eigenvalue weighted by molar-refractivity contribution is 0.377. The number of hydrogen-bond donors (Lipinski definition) is 0. The van der Waals surface area contributed by atoms with Crippen LogP contribution in [0.3, 0.4) is 0 Å². The van der Waals surface area contributed by atoms with Gasteiger partial charge in [0.15, 0.2) is 0 Å². The molecule has 110 valence electrons. The molecule has 2 atom stereocenters. The maximum Gasteiger partial charge on any atom is 0.00570 e. The summed E-state index contributed by atoms with van der Waals surface area (Å²) in [4.78, 5) is 0. The third-order valence-corrected chi connectivity index (χ3v) is 5.25. The Hall–Kier alpha value is -1.08. The largest absolute Gasteiger partial charge is 0.114 e. The smallest absolute Gasteiger partial charge is 0.00570 e. The van der Waals surface area contributed by atoms with Crippen molar-refractivity contribution in [2.24, 2.45) is 5.92 Å². The van der Waals surface area contributed by atoms with Gasteiger partial charge in [0.1, 0.15) is 0 Å². The fraction of sp³-hybridized carbons (Fsp3) is 0.400. The molecule has 0 aliphatic heterocycles. The summed E-state index contributed by atoms with van der Waals surface area (Å²) in [6, 6.07) is 15.7. The SMILES string of the molecule is Br.C1=C2C(CCC1)CCCC2c1cccc2ccccc12. The summed E-state index contributed by atoms with van der Waals surface area (Å²) in [5.41, 5.74) is 3.33. The summed E-state index contributed by atoms with van der Waals surface area (Å²) in [5.74, 6) is 1.56. The lowest BCUT2D eigenvalue weighted by Gasteiger charge is -2.36. The van der Waals surface area contributed by atoms with Crippen molar-refractivity contribution in [1.29, 1.82) is 0 Å². The molecule has 0 amide bonds. The van der Waals surface area contributed by atoms with Crippen LogP contribution in [0.25, 0.3) is 10.8 Å². The lowest BCUT2D eigenvalue weighted by Crippen LogP contribution is -2.20. The highest BCUT2D eigenvalue weighted by Gasteiger charge is 2.30. The van der Waals surface area contributed by atoms with E-state index in [1.54, 1.807) is 11.1 Å². The van der Waals surface area contributed by atoms with Gasteiger partial charge in [-0.15, -0.1) is 17.0 Å². The molecule has 0 nitrogen and oxygen atoms in total. The highest BCUT2D eigenvalue weighted by atomic mass is 79.9. The number of fused-ring (bicyclic) bond motifs is 2. The standard InChI is InChI=1S/C20H22.BrH/c1-3-11-17-15(7-1)9-5-13-19(17)20-14-6-10-16-8-2-4-12-18(16)20;/h1,3,5,7,9,11-13,16,20H,2,4,6,8,10,14H2;1H. The van der Waals surface area contributed by atoms with Crippen molar-refractivity contribution in [2.75, 3.05) is 0 Å². The van der Waals surface area contributed by atoms with Gasteiger partial charge < -0.3 is 0 Å². The molecule has 2 aliphatic carbocycles. The van der Waals surface area contributed by atoms with E-state index < -0.39 is 0 Å². The second-order valence-corrected chi connectivity index (χ2v) is 6.38. The van der Waals surface area contributed by atoms with Gasteiger partial charge in [0.05, 0.1) is 0 Å². The Morgan fingerprint density at radius 3 is 2.57 bits per heavy atom. The van der Waals surface area contributed by atoms with Crippen LogP contribution in [0, 0.1) is 5.92 Å². The Morgan fingerprint density at radius 2 is 1.62 bits per heavy atom. The minimum absolute atomic E-state index is 0. The molecule has 1 saturated carbocycles. The van der Waals surface area contributed by atoms with Gasteiger partial charge >= 0.3 is 0 Å². The van der Waals surface area contributed by atoms with E-state index in [1.807, 2.05) is 0 Å². The monoisotopic (exact) mass is 342 g/mol. The Labute approximate surface area is 138 Å². The average molecular weight is 343 g/mol. The molecule has 2 unspecified atom stereocenters. The van der Waals surface area contributed by atoms with Crippen molar-refractivity contribution in [3.05, 3.63) is 59.7 Å². The van der Waals surface area contributed by atoms with Gasteiger partial charge in [-0.3, -0.25) is 0 Å². The molecular weight excluding hydrogens is 320 g/mol. The number of benzene rings is 2. The molecule has 0 aromatic heterocycles. The van der Waals surface area contributed by atoms with Crippen molar-refractivity contribution in [1.82, 2.24) is 0 Å². The van der Waals surface area contributed by atoms with E-state index in [4.69, 9.17) is 0 Å². The molecule has 21 heavy (non-hydrogen) atoms. The topological polar surface area (TPSA) is 0 Å². The molecule has 0 radical (unpaired) electrons. The summed E-state index contributed by atoms with van der Waals surface area (Å²) in [5, 5.41) is 2.86. The van der Waals surface area contributed by atoms with Gasteiger partial charge in [0.2, 0.25) is 0 Å². The molecule has 0 spiro atoms. The van der Waals surface area contributed by atoms with E-state index in [0.717, 1.165) is 5.92 Å². The predicted octanol–water partition coefficient (Wildman–Crippen LogP) is 6.41. The highest BCUT2D eigenvalue weighted by Crippen LogP contribution is 2.46. The normalized spacial score (nSPS) is 24.9. The van der Waals surface area contributed by atoms with Crippen LogP contribution in [0.15, 0.2) is 54.1 Å². The molecule has 0 bridgehead atoms. The molecule has 1 heteroatoms. The molecule has 2 aliphatic rings. The Bertz CT molecular complexity index is 650. The quantitative estimate of drug-likeness (QED) is 0.525. The van der Waals surface area contributed by atoms with Gasteiger partial charge in [-0.2, -0.15) is 0 Å². The summed E-state index contributed by atoms with van der Waals surface area (Å²) in [6.45, 7) is 0. The summed E-state index contributed by atoms with van der Waals surface area (Å²) in [6.07, 6.45) is 10.9. The number of allylic oxidation sites excluding steroid dienone is 2. The first-order valence-electron chi connectivity index (χ1n) is 8.11. The van der Waals surface area contributed by atoms with Gasteiger partial charge in [0.25, 0.3) is 0 Å². The van der Waals surface area contributed by atoms with Crippen molar-refractivity contribution in [3.63, 3.8) is 0 Å². The van der Waals surface area contributed by atoms with Crippen molar-refractivity contribution in [3.8, 4) is 0 Å². The number of hydrogen-bond acceptors (Lipinski definition) is 0. The zero-order valence-corrected chi connectivity index (χ0v) is 14.1. The number of halogens is 1. The predicted molar refractivity (Wildman–Crippen MR) is 96.3 cm³/mol. The fourth-order valence-electron chi connectivity index (χ4n) is 4.33. The van der Waals surface area contributed by atoms with E-state index in [9.17, 15) is 0 Å². The van der Waals surface area contributed by atoms with Gasteiger partial charge in [-0.25, -0.2) is 0 Å². The van der Waals surface area contributed by atoms with Crippen molar-refractivity contribution >= 4 is 27.8 Å². The highest BCUT2D eigenvalue weighted by molar-refractivity contribution is 8.93. The second kappa shape index (κ2) is 6.36. The summed E-state index contributed by atoms with van der Waals surface area (Å²) < 4.78 is 0. The molecular formula is C20H23Br. The van der Waals surface area contributed by atoms with E-state index >= 15 is 0 Å². The Balaban J connectivity index is 0.00000132. The van der Waals surface area contributed by atoms with Crippen LogP contribution < -0.4 is 0 Å². The van der Waals surface area contributed by atoms with Gasteiger partial charge in [-0.1, -0.05) is 60.5 Å². The second-order valence-electron chi connectivity index (χ2n) is 6.38. The summed E-state index contributed by atoms with van der Waals surface area (Å²) in [7, 11) is 0. The first-order valence-corrected chi connectivity index (χ1v) is 8.11. The van der Waals surface area contributed by atoms with Crippen LogP contribution in [0.5, 0.6) is 0 Å². The Morgan fingerprint density at radius 1 is 0.810 bits per heavy atom. The maximum absolute atomic E-state index is 2.57. The molecule has 4 rings (SSSR count). The van der Waals surface area contributed by atoms with Gasteiger partial charge in [-0.05, 0) is 54.4 Å². The van der Waals surface area contributed by atoms with Crippen LogP contribution in [0.2, 0.25) is 0 Å². The molecule has 1 fully saturated rings. The third kappa shape index (κ3) is 2.68. The van der Waals surface area contributed by atoms with Crippen LogP contribution in [0.1, 0.15) is 50.0 Å². The summed E-state index contributed by atoms with van der Waals surface area (Å²) >= 11 is 0. The zero-order chi connectivity index (χ0) is 13.4. The van der Waals surface area contributed by atoms with Crippen molar-refractivity contribution < 1.29 is 0 Å². The van der Waals surface area contributed by atoms with E-state index in [2.05, 4.69) is 48.5 Å². The van der Waals surface area contributed by atoms with E-state index in [-0.39, 0.29) is 17.0 Å². The maximum atomic E-state index is 2.57. The zero-order valence-electron chi connectivity index (χ0n) is 12.4. The first kappa shape index (κ1) is 14.8. The van der Waals surface area contributed by atoms with E-state index in [1.165, 1.54) is 49.3 Å². The van der Waals surface area contributed by atoms with Crippen molar-refractivity contribution in [2.45, 2.75) is 44.4 Å². The fourth-order valence-corrected chi connectivity index (χ4v) is 4.33. The molecule has 0 saturated heterocycles. The molecule has 0 heterocycles. The van der Waals surface area contributed by atoms with Crippen LogP contribution in [0.4, 0.5) is 0 Å². The van der Waals surface area contributed by atoms with Crippen LogP contribution in [-0.2, 0) is 0 Å². The minimum Gasteiger partial charge on any atom is -0.114 e. The molecule has 2 aromatic rings. The van der Waals surface area contributed by atoms with E-state index in [0.29, 0.717) is 5.92 Å². The first-order chi connectivity index (χ1) is 9.93. The Kier molecular flexibility index (Phi) is 4.49. The molecule has 2 aromatic carbocycles. The molecule has 0 N–H and O–H groups in total. The minimum atomic E-state index is 0.